The van der Waals surface area contributed by atoms with E-state index in [9.17, 15) is 10.1 Å². The maximum Gasteiger partial charge on any atom is 0.379 e. The molecule has 0 aliphatic carbocycles. The molecule has 0 radical (unpaired) electrons. The molecule has 2 aromatic heterocycles. The van der Waals surface area contributed by atoms with Gasteiger partial charge in [0, 0.05) is 5.56 Å². The third-order valence-corrected chi connectivity index (χ3v) is 6.04. The van der Waals surface area contributed by atoms with E-state index in [1.165, 1.54) is 33.7 Å². The molecule has 0 amide bonds. The van der Waals surface area contributed by atoms with Crippen LogP contribution in [0.1, 0.15) is 27.6 Å². The molecule has 11 heteroatoms. The first-order valence-corrected chi connectivity index (χ1v) is 11.3. The minimum absolute atomic E-state index is 0.0544. The number of benzene rings is 2. The van der Waals surface area contributed by atoms with Gasteiger partial charge in [-0.3, -0.25) is 5.10 Å². The number of esters is 1. The third-order valence-electron chi connectivity index (χ3n) is 6.04. The third kappa shape index (κ3) is 4.14. The summed E-state index contributed by atoms with van der Waals surface area (Å²) in [7, 11) is 4.56. The van der Waals surface area contributed by atoms with E-state index in [2.05, 4.69) is 16.3 Å². The first kappa shape index (κ1) is 24.3. The zero-order valence-corrected chi connectivity index (χ0v) is 20.6. The van der Waals surface area contributed by atoms with Gasteiger partial charge in [0.25, 0.3) is 0 Å². The summed E-state index contributed by atoms with van der Waals surface area (Å²) in [5.74, 6) is 0.609. The minimum Gasteiger partial charge on any atom is -0.493 e. The van der Waals surface area contributed by atoms with Crippen LogP contribution in [-0.4, -0.2) is 37.5 Å². The lowest BCUT2D eigenvalue weighted by Crippen LogP contribution is -2.21. The smallest absolute Gasteiger partial charge is 0.379 e. The fourth-order valence-electron chi connectivity index (χ4n) is 4.30. The number of carbonyl (C=O) groups excluding carboxylic acids is 1. The van der Waals surface area contributed by atoms with E-state index in [0.29, 0.717) is 45.4 Å². The van der Waals surface area contributed by atoms with Gasteiger partial charge in [-0.05, 0) is 42.0 Å². The molecule has 4 aromatic rings. The molecule has 0 fully saturated rings. The number of methoxy groups -OCH3 is 3. The highest BCUT2D eigenvalue weighted by Gasteiger charge is 2.36. The van der Waals surface area contributed by atoms with Gasteiger partial charge in [0.1, 0.15) is 17.4 Å². The molecule has 1 aliphatic rings. The van der Waals surface area contributed by atoms with Gasteiger partial charge in [-0.15, -0.1) is 5.10 Å². The van der Waals surface area contributed by atoms with Gasteiger partial charge in [0.15, 0.2) is 11.5 Å². The summed E-state index contributed by atoms with van der Waals surface area (Å²) in [5.41, 5.74) is 8.81. The average molecular weight is 514 g/mol. The number of aromatic amines is 1. The van der Waals surface area contributed by atoms with Gasteiger partial charge in [-0.1, -0.05) is 12.1 Å². The Kier molecular flexibility index (Phi) is 6.37. The van der Waals surface area contributed by atoms with Crippen LogP contribution in [0.15, 0.2) is 70.7 Å². The summed E-state index contributed by atoms with van der Waals surface area (Å²) >= 11 is 0. The number of carbonyl (C=O) groups is 1. The molecule has 38 heavy (non-hydrogen) atoms. The lowest BCUT2D eigenvalue weighted by atomic mass is 9.83. The topological polar surface area (TPSA) is 155 Å². The van der Waals surface area contributed by atoms with Crippen LogP contribution in [0.5, 0.6) is 28.9 Å². The van der Waals surface area contributed by atoms with E-state index < -0.39 is 11.9 Å². The molecule has 5 rings (SSSR count). The van der Waals surface area contributed by atoms with E-state index in [1.54, 1.807) is 42.5 Å². The molecule has 1 atom stereocenters. The Bertz CT molecular complexity index is 1540. The molecule has 0 saturated carbocycles. The molecule has 11 nitrogen and oxygen atoms in total. The fourth-order valence-corrected chi connectivity index (χ4v) is 4.30. The number of hydrogen-bond acceptors (Lipinski definition) is 10. The lowest BCUT2D eigenvalue weighted by Gasteiger charge is -2.24. The van der Waals surface area contributed by atoms with Crippen LogP contribution in [0, 0.1) is 11.3 Å². The van der Waals surface area contributed by atoms with Crippen molar-refractivity contribution in [3.63, 3.8) is 0 Å². The van der Waals surface area contributed by atoms with E-state index in [0.717, 1.165) is 0 Å². The molecular formula is C27H22N4O7. The molecule has 0 saturated heterocycles. The maximum atomic E-state index is 12.2. The van der Waals surface area contributed by atoms with Crippen LogP contribution in [0.3, 0.4) is 0 Å². The van der Waals surface area contributed by atoms with Crippen LogP contribution in [0.25, 0.3) is 11.3 Å². The van der Waals surface area contributed by atoms with Crippen molar-refractivity contribution in [1.82, 2.24) is 10.2 Å². The lowest BCUT2D eigenvalue weighted by molar-refractivity contribution is 0.0701. The highest BCUT2D eigenvalue weighted by Crippen LogP contribution is 2.48. The quantitative estimate of drug-likeness (QED) is 0.272. The SMILES string of the molecule is COc1cc(-c2[nH]nc3c2[C@@H](c2ccc(OC(=O)c4ccco4)cc2)C(C#N)=C(N)O3)cc(OC)c1OC. The molecule has 2 aromatic carbocycles. The second kappa shape index (κ2) is 9.94. The largest absolute Gasteiger partial charge is 0.493 e. The average Bonchev–Trinajstić information content (AvgIpc) is 3.62. The molecule has 0 unspecified atom stereocenters. The van der Waals surface area contributed by atoms with Gasteiger partial charge < -0.3 is 33.8 Å². The number of ether oxygens (including phenoxy) is 5. The molecule has 0 bridgehead atoms. The van der Waals surface area contributed by atoms with Crippen LogP contribution in [0.2, 0.25) is 0 Å². The molecule has 3 N–H and O–H groups in total. The maximum absolute atomic E-state index is 12.2. The van der Waals surface area contributed by atoms with Crippen molar-refractivity contribution in [1.29, 1.82) is 5.26 Å². The number of fused-ring (bicyclic) bond motifs is 1. The molecule has 192 valence electrons. The summed E-state index contributed by atoms with van der Waals surface area (Å²) < 4.78 is 32.6. The second-order valence-electron chi connectivity index (χ2n) is 8.09. The monoisotopic (exact) mass is 514 g/mol. The number of nitrogens with one attached hydrogen (secondary N) is 1. The predicted octanol–water partition coefficient (Wildman–Crippen LogP) is 4.13. The van der Waals surface area contributed by atoms with Gasteiger partial charge in [-0.25, -0.2) is 4.79 Å². The van der Waals surface area contributed by atoms with Crippen LogP contribution in [-0.2, 0) is 0 Å². The highest BCUT2D eigenvalue weighted by molar-refractivity contribution is 5.88. The van der Waals surface area contributed by atoms with Crippen LogP contribution >= 0.6 is 0 Å². The highest BCUT2D eigenvalue weighted by atomic mass is 16.5. The Morgan fingerprint density at radius 3 is 2.37 bits per heavy atom. The van der Waals surface area contributed by atoms with Crippen LogP contribution in [0.4, 0.5) is 0 Å². The summed E-state index contributed by atoms with van der Waals surface area (Å²) in [6.45, 7) is 0. The number of nitriles is 1. The van der Waals surface area contributed by atoms with Crippen molar-refractivity contribution < 1.29 is 32.9 Å². The van der Waals surface area contributed by atoms with E-state index in [4.69, 9.17) is 33.8 Å². The Labute approximate surface area is 216 Å². The van der Waals surface area contributed by atoms with Crippen molar-refractivity contribution in [3.8, 4) is 46.2 Å². The fraction of sp³-hybridized carbons (Fsp3) is 0.148. The van der Waals surface area contributed by atoms with Crippen molar-refractivity contribution in [2.24, 2.45) is 5.73 Å². The molecule has 0 spiro atoms. The molecular weight excluding hydrogens is 492 g/mol. The number of hydrogen-bond donors (Lipinski definition) is 2. The number of rotatable bonds is 7. The van der Waals surface area contributed by atoms with E-state index >= 15 is 0 Å². The number of nitrogens with zero attached hydrogens (tertiary/aromatic N) is 2. The van der Waals surface area contributed by atoms with Gasteiger partial charge in [-0.2, -0.15) is 5.26 Å². The summed E-state index contributed by atoms with van der Waals surface area (Å²) in [5, 5.41) is 17.3. The summed E-state index contributed by atoms with van der Waals surface area (Å²) in [4.78, 5) is 12.2. The number of nitrogens with two attached hydrogens (primary N) is 1. The van der Waals surface area contributed by atoms with E-state index in [-0.39, 0.29) is 23.1 Å². The Morgan fingerprint density at radius 1 is 1.08 bits per heavy atom. The second-order valence-corrected chi connectivity index (χ2v) is 8.09. The standard InChI is InChI=1S/C27H22N4O7/c1-33-19-11-15(12-20(34-2)24(19)35-3)23-22-21(17(13-28)25(29)38-26(22)31-30-23)14-6-8-16(9-7-14)37-27(32)18-5-4-10-36-18/h4-12,21H,29H2,1-3H3,(H,30,31)/t21-/m0/s1. The van der Waals surface area contributed by atoms with Gasteiger partial charge in [0.05, 0.1) is 44.8 Å². The summed E-state index contributed by atoms with van der Waals surface area (Å²) in [6.07, 6.45) is 1.39. The normalized spacial score (nSPS) is 14.2. The predicted molar refractivity (Wildman–Crippen MR) is 133 cm³/mol. The van der Waals surface area contributed by atoms with Crippen molar-refractivity contribution in [2.45, 2.75) is 5.92 Å². The van der Waals surface area contributed by atoms with Crippen molar-refractivity contribution in [2.75, 3.05) is 21.3 Å². The molecule has 1 aliphatic heterocycles. The van der Waals surface area contributed by atoms with Crippen LogP contribution < -0.4 is 29.4 Å². The first-order valence-electron chi connectivity index (χ1n) is 11.3. The van der Waals surface area contributed by atoms with E-state index in [1.807, 2.05) is 0 Å². The minimum atomic E-state index is -0.633. The number of H-pyrrole nitrogens is 1. The first-order chi connectivity index (χ1) is 18.5. The Balaban J connectivity index is 1.58. The summed E-state index contributed by atoms with van der Waals surface area (Å²) in [6, 6.07) is 15.5. The molecule has 3 heterocycles. The number of aromatic nitrogens is 2. The zero-order valence-electron chi connectivity index (χ0n) is 20.6. The number of allylic oxidation sites excluding steroid dienone is 1. The number of furan rings is 1. The van der Waals surface area contributed by atoms with Crippen molar-refractivity contribution >= 4 is 5.97 Å². The van der Waals surface area contributed by atoms with Gasteiger partial charge >= 0.3 is 5.97 Å². The Morgan fingerprint density at radius 2 is 1.79 bits per heavy atom. The zero-order chi connectivity index (χ0) is 26.8. The Hall–Kier alpha value is -5.37. The van der Waals surface area contributed by atoms with Crippen molar-refractivity contribution in [3.05, 3.63) is 83.1 Å². The van der Waals surface area contributed by atoms with Gasteiger partial charge in [0.2, 0.25) is 23.3 Å².